The second kappa shape index (κ2) is 7.64. The largest absolute Gasteiger partial charge is 0.475 e. The molecule has 0 unspecified atom stereocenters. The van der Waals surface area contributed by atoms with Crippen molar-refractivity contribution >= 4 is 11.8 Å². The molecule has 1 aromatic heterocycles. The molecule has 0 fully saturated rings. The Bertz CT molecular complexity index is 335. The Morgan fingerprint density at radius 1 is 1.24 bits per heavy atom. The van der Waals surface area contributed by atoms with Gasteiger partial charge in [-0.05, 0) is 0 Å². The van der Waals surface area contributed by atoms with E-state index in [9.17, 15) is 0 Å². The van der Waals surface area contributed by atoms with Gasteiger partial charge >= 0.3 is 0 Å². The number of anilines is 2. The highest BCUT2D eigenvalue weighted by Crippen LogP contribution is 2.13. The number of nitrogens with one attached hydrogen (secondary N) is 1. The maximum absolute atomic E-state index is 5.51. The maximum Gasteiger partial charge on any atom is 0.225 e. The van der Waals surface area contributed by atoms with Crippen LogP contribution in [0.2, 0.25) is 0 Å². The third-order valence-electron chi connectivity index (χ3n) is 1.89. The fourth-order valence-electron chi connectivity index (χ4n) is 1.09. The fourth-order valence-corrected chi connectivity index (χ4v) is 1.09. The van der Waals surface area contributed by atoms with E-state index in [1.807, 2.05) is 0 Å². The monoisotopic (exact) mass is 242 g/mol. The summed E-state index contributed by atoms with van der Waals surface area (Å²) in [6.07, 6.45) is 0. The van der Waals surface area contributed by atoms with Crippen molar-refractivity contribution in [2.45, 2.75) is 0 Å². The number of nitrogens with zero attached hydrogens (tertiary/aromatic N) is 2. The number of hydrogen-bond acceptors (Lipinski definition) is 7. The average molecular weight is 242 g/mol. The topological polar surface area (TPSA) is 91.5 Å². The van der Waals surface area contributed by atoms with Gasteiger partial charge < -0.3 is 25.3 Å². The van der Waals surface area contributed by atoms with Crippen molar-refractivity contribution in [3.05, 3.63) is 6.07 Å². The van der Waals surface area contributed by atoms with Crippen LogP contribution in [0.5, 0.6) is 5.88 Å². The molecule has 0 amide bonds. The highest BCUT2D eigenvalue weighted by atomic mass is 16.5. The summed E-state index contributed by atoms with van der Waals surface area (Å²) >= 11 is 0. The van der Waals surface area contributed by atoms with Crippen LogP contribution in [0.3, 0.4) is 0 Å². The van der Waals surface area contributed by atoms with Crippen LogP contribution in [0.1, 0.15) is 0 Å². The summed E-state index contributed by atoms with van der Waals surface area (Å²) in [5.41, 5.74) is 5.51. The molecule has 0 spiro atoms. The zero-order valence-corrected chi connectivity index (χ0v) is 10.1. The van der Waals surface area contributed by atoms with Gasteiger partial charge in [0.25, 0.3) is 0 Å². The number of hydrogen-bond donors (Lipinski definition) is 2. The fraction of sp³-hybridized carbons (Fsp3) is 0.600. The first-order valence-electron chi connectivity index (χ1n) is 5.28. The van der Waals surface area contributed by atoms with Crippen LogP contribution < -0.4 is 15.8 Å². The molecule has 0 saturated heterocycles. The number of nitrogen functional groups attached to an aromatic ring is 1. The molecule has 7 nitrogen and oxygen atoms in total. The molecular weight excluding hydrogens is 224 g/mol. The van der Waals surface area contributed by atoms with Gasteiger partial charge in [0.15, 0.2) is 0 Å². The Kier molecular flexibility index (Phi) is 6.05. The molecule has 0 saturated carbocycles. The number of aromatic nitrogens is 2. The zero-order chi connectivity index (χ0) is 12.5. The molecule has 0 aliphatic heterocycles. The van der Waals surface area contributed by atoms with E-state index in [-0.39, 0.29) is 5.95 Å². The smallest absolute Gasteiger partial charge is 0.225 e. The second-order valence-corrected chi connectivity index (χ2v) is 3.15. The molecule has 1 rings (SSSR count). The van der Waals surface area contributed by atoms with Gasteiger partial charge in [0.1, 0.15) is 12.4 Å². The maximum atomic E-state index is 5.51. The molecule has 3 N–H and O–H groups in total. The van der Waals surface area contributed by atoms with E-state index in [0.717, 1.165) is 0 Å². The summed E-state index contributed by atoms with van der Waals surface area (Å²) in [6, 6.07) is 1.67. The minimum atomic E-state index is 0.173. The van der Waals surface area contributed by atoms with Gasteiger partial charge in [-0.15, -0.1) is 0 Å². The number of ether oxygens (including phenoxy) is 3. The van der Waals surface area contributed by atoms with Gasteiger partial charge in [0.05, 0.1) is 19.8 Å². The quantitative estimate of drug-likeness (QED) is 0.626. The van der Waals surface area contributed by atoms with Crippen LogP contribution in [-0.2, 0) is 9.47 Å². The SMILES string of the molecule is CNc1cc(OCCOCCOC)nc(N)n1. The Morgan fingerprint density at radius 3 is 2.71 bits per heavy atom. The highest BCUT2D eigenvalue weighted by molar-refractivity contribution is 5.41. The zero-order valence-electron chi connectivity index (χ0n) is 10.1. The van der Waals surface area contributed by atoms with Crippen molar-refractivity contribution in [2.24, 2.45) is 0 Å². The lowest BCUT2D eigenvalue weighted by atomic mass is 10.5. The summed E-state index contributed by atoms with van der Waals surface area (Å²) in [7, 11) is 3.38. The number of rotatable bonds is 8. The molecule has 1 heterocycles. The first-order chi connectivity index (χ1) is 8.26. The predicted octanol–water partition coefficient (Wildman–Crippen LogP) is 0.142. The van der Waals surface area contributed by atoms with Crippen LogP contribution in [-0.4, -0.2) is 50.6 Å². The Balaban J connectivity index is 2.28. The van der Waals surface area contributed by atoms with Crippen molar-refractivity contribution in [3.63, 3.8) is 0 Å². The van der Waals surface area contributed by atoms with Crippen molar-refractivity contribution in [3.8, 4) is 5.88 Å². The molecule has 0 aromatic carbocycles. The van der Waals surface area contributed by atoms with Gasteiger partial charge in [-0.25, -0.2) is 0 Å². The van der Waals surface area contributed by atoms with E-state index in [0.29, 0.717) is 38.1 Å². The van der Waals surface area contributed by atoms with Crippen molar-refractivity contribution < 1.29 is 14.2 Å². The minimum absolute atomic E-state index is 0.173. The normalized spacial score (nSPS) is 10.2. The molecular formula is C10H18N4O3. The van der Waals surface area contributed by atoms with Gasteiger partial charge in [-0.1, -0.05) is 0 Å². The predicted molar refractivity (Wildman–Crippen MR) is 64.2 cm³/mol. The van der Waals surface area contributed by atoms with Crippen LogP contribution in [0, 0.1) is 0 Å². The van der Waals surface area contributed by atoms with Crippen LogP contribution >= 0.6 is 0 Å². The average Bonchev–Trinajstić information content (AvgIpc) is 2.33. The van der Waals surface area contributed by atoms with Gasteiger partial charge in [-0.2, -0.15) is 9.97 Å². The van der Waals surface area contributed by atoms with E-state index in [2.05, 4.69) is 15.3 Å². The first-order valence-corrected chi connectivity index (χ1v) is 5.28. The molecule has 7 heteroatoms. The number of methoxy groups -OCH3 is 1. The van der Waals surface area contributed by atoms with E-state index >= 15 is 0 Å². The summed E-state index contributed by atoms with van der Waals surface area (Å²) in [6.45, 7) is 2.00. The molecule has 0 bridgehead atoms. The van der Waals surface area contributed by atoms with Crippen molar-refractivity contribution in [1.29, 1.82) is 0 Å². The van der Waals surface area contributed by atoms with Crippen LogP contribution in [0.25, 0.3) is 0 Å². The minimum Gasteiger partial charge on any atom is -0.475 e. The standard InChI is InChI=1S/C10H18N4O3/c1-12-8-7-9(14-10(11)13-8)17-6-5-16-4-3-15-2/h7H,3-6H2,1-2H3,(H3,11,12,13,14). The van der Waals surface area contributed by atoms with E-state index in [1.54, 1.807) is 20.2 Å². The molecule has 1 aromatic rings. The summed E-state index contributed by atoms with van der Waals surface area (Å²) in [5.74, 6) is 1.22. The Morgan fingerprint density at radius 2 is 2.00 bits per heavy atom. The third kappa shape index (κ3) is 5.32. The first kappa shape index (κ1) is 13.5. The van der Waals surface area contributed by atoms with Gasteiger partial charge in [0, 0.05) is 20.2 Å². The van der Waals surface area contributed by atoms with Crippen molar-refractivity contribution in [2.75, 3.05) is 51.6 Å². The highest BCUT2D eigenvalue weighted by Gasteiger charge is 2.01. The van der Waals surface area contributed by atoms with Gasteiger partial charge in [0.2, 0.25) is 11.8 Å². The molecule has 0 aliphatic carbocycles. The number of nitrogens with two attached hydrogens (primary N) is 1. The lowest BCUT2D eigenvalue weighted by Crippen LogP contribution is -2.11. The van der Waals surface area contributed by atoms with E-state index in [1.165, 1.54) is 0 Å². The molecule has 96 valence electrons. The third-order valence-corrected chi connectivity index (χ3v) is 1.89. The summed E-state index contributed by atoms with van der Waals surface area (Å²) in [5, 5.41) is 2.87. The summed E-state index contributed by atoms with van der Waals surface area (Å²) < 4.78 is 15.5. The second-order valence-electron chi connectivity index (χ2n) is 3.15. The Hall–Kier alpha value is -1.60. The molecule has 0 aliphatic rings. The molecule has 0 atom stereocenters. The molecule has 17 heavy (non-hydrogen) atoms. The Labute approximate surface area is 100 Å². The van der Waals surface area contributed by atoms with Gasteiger partial charge in [-0.3, -0.25) is 0 Å². The van der Waals surface area contributed by atoms with E-state index in [4.69, 9.17) is 19.9 Å². The van der Waals surface area contributed by atoms with Crippen LogP contribution in [0.4, 0.5) is 11.8 Å². The lowest BCUT2D eigenvalue weighted by Gasteiger charge is -2.08. The lowest BCUT2D eigenvalue weighted by molar-refractivity contribution is 0.0537. The van der Waals surface area contributed by atoms with Crippen molar-refractivity contribution in [1.82, 2.24) is 9.97 Å². The van der Waals surface area contributed by atoms with E-state index < -0.39 is 0 Å². The van der Waals surface area contributed by atoms with Crippen LogP contribution in [0.15, 0.2) is 6.07 Å². The molecule has 0 radical (unpaired) electrons. The summed E-state index contributed by atoms with van der Waals surface area (Å²) in [4.78, 5) is 7.89.